The number of nitrogens with two attached hydrogens (primary N) is 1. The van der Waals surface area contributed by atoms with Crippen molar-refractivity contribution in [3.63, 3.8) is 0 Å². The van der Waals surface area contributed by atoms with Crippen LogP contribution in [-0.4, -0.2) is 29.9 Å². The summed E-state index contributed by atoms with van der Waals surface area (Å²) >= 11 is 0. The molecule has 1 atom stereocenters. The van der Waals surface area contributed by atoms with Gasteiger partial charge in [-0.15, -0.1) is 0 Å². The van der Waals surface area contributed by atoms with E-state index in [0.717, 1.165) is 5.56 Å². The maximum Gasteiger partial charge on any atom is 0.251 e. The normalized spacial score (nSPS) is 12.3. The largest absolute Gasteiger partial charge is 0.352 e. The van der Waals surface area contributed by atoms with Crippen LogP contribution in [0.5, 0.6) is 0 Å². The minimum Gasteiger partial charge on any atom is -0.352 e. The highest BCUT2D eigenvalue weighted by Gasteiger charge is 2.23. The maximum atomic E-state index is 12.6. The summed E-state index contributed by atoms with van der Waals surface area (Å²) in [7, 11) is 0. The van der Waals surface area contributed by atoms with Gasteiger partial charge in [0.15, 0.2) is 0 Å². The van der Waals surface area contributed by atoms with Crippen LogP contribution in [0, 0.1) is 0 Å². The van der Waals surface area contributed by atoms with Gasteiger partial charge in [-0.1, -0.05) is 48.5 Å². The highest BCUT2D eigenvalue weighted by molar-refractivity contribution is 5.97. The number of amides is 2. The second-order valence-electron chi connectivity index (χ2n) is 6.79. The first-order valence-electron chi connectivity index (χ1n) is 8.31. The Bertz CT molecular complexity index is 694. The minimum atomic E-state index is -0.669. The third kappa shape index (κ3) is 6.39. The Morgan fingerprint density at radius 2 is 1.56 bits per heavy atom. The van der Waals surface area contributed by atoms with Crippen LogP contribution in [0.4, 0.5) is 0 Å². The van der Waals surface area contributed by atoms with Crippen LogP contribution < -0.4 is 16.4 Å². The summed E-state index contributed by atoms with van der Waals surface area (Å²) in [6.45, 7) is 4.00. The predicted molar refractivity (Wildman–Crippen MR) is 99.1 cm³/mol. The zero-order valence-electron chi connectivity index (χ0n) is 14.7. The second-order valence-corrected chi connectivity index (χ2v) is 6.79. The highest BCUT2D eigenvalue weighted by atomic mass is 16.2. The number of hydrogen-bond acceptors (Lipinski definition) is 3. The molecule has 2 aromatic rings. The van der Waals surface area contributed by atoms with E-state index < -0.39 is 11.6 Å². The molecule has 0 aromatic heterocycles. The van der Waals surface area contributed by atoms with Crippen molar-refractivity contribution < 1.29 is 9.59 Å². The van der Waals surface area contributed by atoms with Crippen molar-refractivity contribution in [3.8, 4) is 0 Å². The van der Waals surface area contributed by atoms with Crippen LogP contribution >= 0.6 is 0 Å². The maximum absolute atomic E-state index is 12.6. The summed E-state index contributed by atoms with van der Waals surface area (Å²) in [6.07, 6.45) is 0.413. The van der Waals surface area contributed by atoms with Gasteiger partial charge < -0.3 is 16.4 Å². The van der Waals surface area contributed by atoms with E-state index in [4.69, 9.17) is 5.73 Å². The molecule has 5 heteroatoms. The highest BCUT2D eigenvalue weighted by Crippen LogP contribution is 2.06. The molecule has 0 heterocycles. The molecule has 0 aliphatic carbocycles. The first-order chi connectivity index (χ1) is 11.8. The van der Waals surface area contributed by atoms with Crippen molar-refractivity contribution in [2.75, 3.05) is 6.54 Å². The molecule has 4 N–H and O–H groups in total. The molecule has 0 spiro atoms. The van der Waals surface area contributed by atoms with Crippen molar-refractivity contribution in [2.45, 2.75) is 31.8 Å². The number of carbonyl (C=O) groups is 2. The lowest BCUT2D eigenvalue weighted by Gasteiger charge is -2.23. The van der Waals surface area contributed by atoms with Gasteiger partial charge in [-0.25, -0.2) is 0 Å². The average molecular weight is 339 g/mol. The van der Waals surface area contributed by atoms with Gasteiger partial charge in [-0.3, -0.25) is 9.59 Å². The van der Waals surface area contributed by atoms with E-state index in [0.29, 0.717) is 18.5 Å². The minimum absolute atomic E-state index is 0.244. The molecule has 0 saturated heterocycles. The van der Waals surface area contributed by atoms with Crippen LogP contribution in [0.15, 0.2) is 60.7 Å². The van der Waals surface area contributed by atoms with Gasteiger partial charge >= 0.3 is 0 Å². The molecular weight excluding hydrogens is 314 g/mol. The number of rotatable bonds is 7. The lowest BCUT2D eigenvalue weighted by Crippen LogP contribution is -2.52. The summed E-state index contributed by atoms with van der Waals surface area (Å²) in [5.74, 6) is -0.518. The van der Waals surface area contributed by atoms with Gasteiger partial charge in [0.05, 0.1) is 0 Å². The van der Waals surface area contributed by atoms with Gasteiger partial charge in [0.1, 0.15) is 6.04 Å². The topological polar surface area (TPSA) is 84.2 Å². The van der Waals surface area contributed by atoms with E-state index in [-0.39, 0.29) is 11.8 Å². The molecule has 0 fully saturated rings. The summed E-state index contributed by atoms with van der Waals surface area (Å²) in [6, 6.07) is 17.8. The summed E-state index contributed by atoms with van der Waals surface area (Å²) in [5.41, 5.74) is 6.91. The third-order valence-electron chi connectivity index (χ3n) is 3.66. The molecule has 0 radical (unpaired) electrons. The molecule has 0 bridgehead atoms. The van der Waals surface area contributed by atoms with Crippen molar-refractivity contribution in [1.29, 1.82) is 0 Å². The molecule has 1 unspecified atom stereocenters. The Morgan fingerprint density at radius 1 is 1.00 bits per heavy atom. The zero-order chi connectivity index (χ0) is 18.3. The smallest absolute Gasteiger partial charge is 0.251 e. The number of carbonyl (C=O) groups excluding carboxylic acids is 2. The van der Waals surface area contributed by atoms with Crippen molar-refractivity contribution >= 4 is 11.8 Å². The third-order valence-corrected chi connectivity index (χ3v) is 3.66. The monoisotopic (exact) mass is 339 g/mol. The van der Waals surface area contributed by atoms with Gasteiger partial charge in [0.25, 0.3) is 5.91 Å². The molecule has 25 heavy (non-hydrogen) atoms. The molecule has 0 aliphatic heterocycles. The molecule has 2 amide bonds. The van der Waals surface area contributed by atoms with Gasteiger partial charge in [0.2, 0.25) is 5.91 Å². The number of benzene rings is 2. The second kappa shape index (κ2) is 8.44. The molecule has 132 valence electrons. The Kier molecular flexibility index (Phi) is 6.31. The SMILES string of the molecule is CC(C)(N)CNC(=O)C(Cc1ccccc1)NC(=O)c1ccccc1. The first kappa shape index (κ1) is 18.7. The first-order valence-corrected chi connectivity index (χ1v) is 8.31. The van der Waals surface area contributed by atoms with Crippen LogP contribution in [-0.2, 0) is 11.2 Å². The van der Waals surface area contributed by atoms with E-state index in [2.05, 4.69) is 10.6 Å². The zero-order valence-corrected chi connectivity index (χ0v) is 14.7. The standard InChI is InChI=1S/C20H25N3O2/c1-20(2,21)14-22-19(25)17(13-15-9-5-3-6-10-15)23-18(24)16-11-7-4-8-12-16/h3-12,17H,13-14,21H2,1-2H3,(H,22,25)(H,23,24). The fourth-order valence-electron chi connectivity index (χ4n) is 2.33. The Balaban J connectivity index is 2.11. The van der Waals surface area contributed by atoms with E-state index in [9.17, 15) is 9.59 Å². The average Bonchev–Trinajstić information content (AvgIpc) is 2.60. The molecule has 2 aromatic carbocycles. The molecular formula is C20H25N3O2. The fourth-order valence-corrected chi connectivity index (χ4v) is 2.33. The predicted octanol–water partition coefficient (Wildman–Crippen LogP) is 1.88. The van der Waals surface area contributed by atoms with Crippen LogP contribution in [0.3, 0.4) is 0 Å². The van der Waals surface area contributed by atoms with E-state index in [1.807, 2.05) is 50.2 Å². The van der Waals surface area contributed by atoms with Crippen molar-refractivity contribution in [3.05, 3.63) is 71.8 Å². The molecule has 5 nitrogen and oxygen atoms in total. The van der Waals surface area contributed by atoms with Gasteiger partial charge in [-0.2, -0.15) is 0 Å². The van der Waals surface area contributed by atoms with E-state index in [1.54, 1.807) is 24.3 Å². The lowest BCUT2D eigenvalue weighted by atomic mass is 10.0. The Labute approximate surface area is 148 Å². The summed E-state index contributed by atoms with van der Waals surface area (Å²) < 4.78 is 0. The van der Waals surface area contributed by atoms with Crippen LogP contribution in [0.25, 0.3) is 0 Å². The fraction of sp³-hybridized carbons (Fsp3) is 0.300. The van der Waals surface area contributed by atoms with Crippen molar-refractivity contribution in [1.82, 2.24) is 10.6 Å². The molecule has 2 rings (SSSR count). The van der Waals surface area contributed by atoms with E-state index >= 15 is 0 Å². The Hall–Kier alpha value is -2.66. The summed E-state index contributed by atoms with van der Waals surface area (Å²) in [5, 5.41) is 5.65. The number of nitrogens with one attached hydrogen (secondary N) is 2. The Morgan fingerprint density at radius 3 is 2.12 bits per heavy atom. The van der Waals surface area contributed by atoms with Gasteiger partial charge in [-0.05, 0) is 31.5 Å². The van der Waals surface area contributed by atoms with Gasteiger partial charge in [0, 0.05) is 24.1 Å². The lowest BCUT2D eigenvalue weighted by molar-refractivity contribution is -0.123. The number of hydrogen-bond donors (Lipinski definition) is 3. The van der Waals surface area contributed by atoms with E-state index in [1.165, 1.54) is 0 Å². The molecule has 0 saturated carbocycles. The van der Waals surface area contributed by atoms with Crippen LogP contribution in [0.1, 0.15) is 29.8 Å². The van der Waals surface area contributed by atoms with Crippen molar-refractivity contribution in [2.24, 2.45) is 5.73 Å². The molecule has 0 aliphatic rings. The van der Waals surface area contributed by atoms with Crippen LogP contribution in [0.2, 0.25) is 0 Å². The summed E-state index contributed by atoms with van der Waals surface area (Å²) in [4.78, 5) is 25.0. The quantitative estimate of drug-likeness (QED) is 0.720.